The molecule has 0 aromatic heterocycles. The Bertz CT molecular complexity index is 366. The lowest BCUT2D eigenvalue weighted by molar-refractivity contribution is -0.479. The first-order chi connectivity index (χ1) is 7.00. The van der Waals surface area contributed by atoms with Crippen LogP contribution in [0.25, 0.3) is 0 Å². The molecular formula is C10H13FN2O2. The van der Waals surface area contributed by atoms with Crippen molar-refractivity contribution >= 4 is 5.69 Å². The zero-order valence-electron chi connectivity index (χ0n) is 8.74. The second-order valence-corrected chi connectivity index (χ2v) is 3.47. The highest BCUT2D eigenvalue weighted by atomic mass is 19.1. The summed E-state index contributed by atoms with van der Waals surface area (Å²) in [6.45, 7) is -0.176. The summed E-state index contributed by atoms with van der Waals surface area (Å²) in [7, 11) is 3.64. The van der Waals surface area contributed by atoms with Crippen LogP contribution in [0.5, 0.6) is 0 Å². The molecule has 0 fully saturated rings. The standard InChI is InChI=1S/C10H13FN2O2/c1-12(2)10-4-3-9(11)7-8(10)5-6-13(14)15/h3-4,7H,5-6H2,1-2H3. The van der Waals surface area contributed by atoms with Crippen molar-refractivity contribution in [3.8, 4) is 0 Å². The molecule has 0 radical (unpaired) electrons. The predicted octanol–water partition coefficient (Wildman–Crippen LogP) is 1.71. The number of rotatable bonds is 4. The molecule has 15 heavy (non-hydrogen) atoms. The number of nitro groups is 1. The van der Waals surface area contributed by atoms with Gasteiger partial charge < -0.3 is 4.90 Å². The van der Waals surface area contributed by atoms with Crippen LogP contribution in [0.15, 0.2) is 18.2 Å². The summed E-state index contributed by atoms with van der Waals surface area (Å²) >= 11 is 0. The normalized spacial score (nSPS) is 10.1. The summed E-state index contributed by atoms with van der Waals surface area (Å²) < 4.78 is 12.9. The second-order valence-electron chi connectivity index (χ2n) is 3.47. The Morgan fingerprint density at radius 1 is 1.47 bits per heavy atom. The minimum absolute atomic E-state index is 0.176. The third-order valence-electron chi connectivity index (χ3n) is 2.09. The van der Waals surface area contributed by atoms with Crippen LogP contribution in [-0.2, 0) is 6.42 Å². The van der Waals surface area contributed by atoms with Gasteiger partial charge in [0.25, 0.3) is 0 Å². The van der Waals surface area contributed by atoms with Crippen LogP contribution in [0.1, 0.15) is 5.56 Å². The van der Waals surface area contributed by atoms with Crippen LogP contribution >= 0.6 is 0 Å². The van der Waals surface area contributed by atoms with E-state index in [2.05, 4.69) is 0 Å². The molecule has 0 saturated carbocycles. The molecule has 0 unspecified atom stereocenters. The zero-order valence-corrected chi connectivity index (χ0v) is 8.74. The lowest BCUT2D eigenvalue weighted by Crippen LogP contribution is -2.13. The quantitative estimate of drug-likeness (QED) is 0.563. The van der Waals surface area contributed by atoms with E-state index in [0.29, 0.717) is 5.56 Å². The minimum atomic E-state index is -0.398. The highest BCUT2D eigenvalue weighted by Crippen LogP contribution is 2.20. The van der Waals surface area contributed by atoms with Gasteiger partial charge in [-0.25, -0.2) is 4.39 Å². The monoisotopic (exact) mass is 212 g/mol. The lowest BCUT2D eigenvalue weighted by Gasteiger charge is -2.16. The molecule has 5 heteroatoms. The molecule has 0 bridgehead atoms. The number of halogens is 1. The number of hydrogen-bond donors (Lipinski definition) is 0. The van der Waals surface area contributed by atoms with Crippen molar-refractivity contribution in [2.75, 3.05) is 25.5 Å². The molecule has 0 aliphatic rings. The maximum Gasteiger partial charge on any atom is 0.207 e. The van der Waals surface area contributed by atoms with Crippen LogP contribution in [0.3, 0.4) is 0 Å². The fraction of sp³-hybridized carbons (Fsp3) is 0.400. The van der Waals surface area contributed by atoms with Crippen molar-refractivity contribution in [1.29, 1.82) is 0 Å². The average Bonchev–Trinajstić information content (AvgIpc) is 2.14. The fourth-order valence-corrected chi connectivity index (χ4v) is 1.40. The Kier molecular flexibility index (Phi) is 3.60. The Labute approximate surface area is 87.5 Å². The van der Waals surface area contributed by atoms with Gasteiger partial charge in [0.2, 0.25) is 6.54 Å². The van der Waals surface area contributed by atoms with E-state index in [1.54, 1.807) is 6.07 Å². The highest BCUT2D eigenvalue weighted by Gasteiger charge is 2.08. The van der Waals surface area contributed by atoms with Gasteiger partial charge in [0.1, 0.15) is 5.82 Å². The molecule has 0 aliphatic heterocycles. The fourth-order valence-electron chi connectivity index (χ4n) is 1.40. The maximum atomic E-state index is 12.9. The second kappa shape index (κ2) is 4.72. The third-order valence-corrected chi connectivity index (χ3v) is 2.09. The first-order valence-corrected chi connectivity index (χ1v) is 4.58. The predicted molar refractivity (Wildman–Crippen MR) is 56.3 cm³/mol. The number of hydrogen-bond acceptors (Lipinski definition) is 3. The highest BCUT2D eigenvalue weighted by molar-refractivity contribution is 5.52. The van der Waals surface area contributed by atoms with E-state index >= 15 is 0 Å². The van der Waals surface area contributed by atoms with Gasteiger partial charge in [-0.3, -0.25) is 10.1 Å². The van der Waals surface area contributed by atoms with E-state index in [1.807, 2.05) is 19.0 Å². The molecule has 0 heterocycles. The van der Waals surface area contributed by atoms with Crippen molar-refractivity contribution in [3.05, 3.63) is 39.7 Å². The Morgan fingerprint density at radius 2 is 2.13 bits per heavy atom. The van der Waals surface area contributed by atoms with Gasteiger partial charge >= 0.3 is 0 Å². The van der Waals surface area contributed by atoms with Gasteiger partial charge in [-0.1, -0.05) is 0 Å². The molecule has 0 N–H and O–H groups in total. The Hall–Kier alpha value is -1.65. The van der Waals surface area contributed by atoms with E-state index in [0.717, 1.165) is 5.69 Å². The van der Waals surface area contributed by atoms with Gasteiger partial charge in [0, 0.05) is 31.1 Å². The van der Waals surface area contributed by atoms with E-state index in [9.17, 15) is 14.5 Å². The van der Waals surface area contributed by atoms with E-state index in [4.69, 9.17) is 0 Å². The topological polar surface area (TPSA) is 46.4 Å². The summed E-state index contributed by atoms with van der Waals surface area (Å²) in [5, 5.41) is 10.2. The molecule has 1 aromatic carbocycles. The van der Waals surface area contributed by atoms with Gasteiger partial charge in [-0.2, -0.15) is 0 Å². The summed E-state index contributed by atoms with van der Waals surface area (Å²) in [5.74, 6) is -0.362. The number of nitrogens with zero attached hydrogens (tertiary/aromatic N) is 2. The van der Waals surface area contributed by atoms with Crippen LogP contribution in [0.4, 0.5) is 10.1 Å². The molecule has 0 amide bonds. The third kappa shape index (κ3) is 3.19. The minimum Gasteiger partial charge on any atom is -0.377 e. The van der Waals surface area contributed by atoms with Crippen LogP contribution in [0.2, 0.25) is 0 Å². The molecule has 4 nitrogen and oxygen atoms in total. The molecule has 82 valence electrons. The molecule has 0 aliphatic carbocycles. The first kappa shape index (κ1) is 11.4. The zero-order chi connectivity index (χ0) is 11.4. The van der Waals surface area contributed by atoms with Crippen LogP contribution in [-0.4, -0.2) is 25.6 Å². The molecule has 1 aromatic rings. The van der Waals surface area contributed by atoms with E-state index in [1.165, 1.54) is 12.1 Å². The largest absolute Gasteiger partial charge is 0.377 e. The van der Waals surface area contributed by atoms with Crippen molar-refractivity contribution in [2.24, 2.45) is 0 Å². The van der Waals surface area contributed by atoms with E-state index < -0.39 is 4.92 Å². The van der Waals surface area contributed by atoms with Crippen molar-refractivity contribution in [3.63, 3.8) is 0 Å². The first-order valence-electron chi connectivity index (χ1n) is 4.58. The van der Waals surface area contributed by atoms with Gasteiger partial charge in [-0.15, -0.1) is 0 Å². The molecule has 0 atom stereocenters. The van der Waals surface area contributed by atoms with Gasteiger partial charge in [-0.05, 0) is 23.8 Å². The Balaban J connectivity index is 2.91. The molecular weight excluding hydrogens is 199 g/mol. The summed E-state index contributed by atoms with van der Waals surface area (Å²) in [4.78, 5) is 11.7. The number of anilines is 1. The van der Waals surface area contributed by atoms with Crippen LogP contribution in [0, 0.1) is 15.9 Å². The average molecular weight is 212 g/mol. The SMILES string of the molecule is CN(C)c1ccc(F)cc1CC[N+](=O)[O-]. The molecule has 1 rings (SSSR count). The molecule has 0 spiro atoms. The van der Waals surface area contributed by atoms with Gasteiger partial charge in [0.15, 0.2) is 0 Å². The lowest BCUT2D eigenvalue weighted by atomic mass is 10.1. The van der Waals surface area contributed by atoms with Gasteiger partial charge in [0.05, 0.1) is 0 Å². The van der Waals surface area contributed by atoms with Crippen LogP contribution < -0.4 is 4.90 Å². The Morgan fingerprint density at radius 3 is 2.67 bits per heavy atom. The summed E-state index contributed by atoms with van der Waals surface area (Å²) in [5.41, 5.74) is 1.48. The van der Waals surface area contributed by atoms with E-state index in [-0.39, 0.29) is 18.8 Å². The molecule has 0 saturated heterocycles. The van der Waals surface area contributed by atoms with Crippen molar-refractivity contribution in [2.45, 2.75) is 6.42 Å². The van der Waals surface area contributed by atoms with Crippen molar-refractivity contribution in [1.82, 2.24) is 0 Å². The summed E-state index contributed by atoms with van der Waals surface area (Å²) in [6, 6.07) is 4.33. The smallest absolute Gasteiger partial charge is 0.207 e. The van der Waals surface area contributed by atoms with Crippen molar-refractivity contribution < 1.29 is 9.31 Å². The summed E-state index contributed by atoms with van der Waals surface area (Å²) in [6.07, 6.45) is 0.248. The number of benzene rings is 1. The maximum absolute atomic E-state index is 12.9.